The summed E-state index contributed by atoms with van der Waals surface area (Å²) in [7, 11) is 0. The van der Waals surface area contributed by atoms with Gasteiger partial charge in [-0.3, -0.25) is 0 Å². The first-order chi connectivity index (χ1) is 9.58. The summed E-state index contributed by atoms with van der Waals surface area (Å²) in [6.07, 6.45) is -9.58. The van der Waals surface area contributed by atoms with Gasteiger partial charge in [0.05, 0.1) is 12.2 Å². The van der Waals surface area contributed by atoms with Gasteiger partial charge in [0.1, 0.15) is 24.1 Å². The van der Waals surface area contributed by atoms with Crippen LogP contribution in [-0.2, 0) is 6.18 Å². The van der Waals surface area contributed by atoms with Gasteiger partial charge in [-0.25, -0.2) is 4.98 Å². The van der Waals surface area contributed by atoms with Gasteiger partial charge in [-0.2, -0.15) is 31.6 Å². The molecule has 0 aliphatic heterocycles. The van der Waals surface area contributed by atoms with E-state index in [1.807, 2.05) is 0 Å². The van der Waals surface area contributed by atoms with Gasteiger partial charge in [-0.15, -0.1) is 0 Å². The predicted octanol–water partition coefficient (Wildman–Crippen LogP) is 2.33. The fourth-order valence-electron chi connectivity index (χ4n) is 1.53. The van der Waals surface area contributed by atoms with Gasteiger partial charge in [0, 0.05) is 6.54 Å². The average Bonchev–Trinajstić information content (AvgIpc) is 2.35. The van der Waals surface area contributed by atoms with E-state index in [9.17, 15) is 26.3 Å². The topological polar surface area (TPSA) is 60.2 Å². The van der Waals surface area contributed by atoms with Crippen molar-refractivity contribution in [1.82, 2.24) is 4.98 Å². The molecule has 0 atom stereocenters. The number of hydrogen-bond donors (Lipinski definition) is 1. The molecule has 0 unspecified atom stereocenters. The standard InChI is InChI=1S/C11H9F6N3O/c12-10(13,14)6-20(3-4-21)9-7(5-18)1-2-8(19-9)11(15,16)17/h1-2,21H,3-4,6H2. The lowest BCUT2D eigenvalue weighted by Crippen LogP contribution is -2.37. The molecule has 1 N–H and O–H groups in total. The summed E-state index contributed by atoms with van der Waals surface area (Å²) in [6.45, 7) is -2.97. The highest BCUT2D eigenvalue weighted by Crippen LogP contribution is 2.31. The zero-order valence-corrected chi connectivity index (χ0v) is 10.3. The summed E-state index contributed by atoms with van der Waals surface area (Å²) in [5, 5.41) is 17.5. The first kappa shape index (κ1) is 17.0. The van der Waals surface area contributed by atoms with Crippen LogP contribution >= 0.6 is 0 Å². The highest BCUT2D eigenvalue weighted by molar-refractivity contribution is 5.54. The number of alkyl halides is 6. The van der Waals surface area contributed by atoms with Crippen molar-refractivity contribution in [2.45, 2.75) is 12.4 Å². The number of aliphatic hydroxyl groups excluding tert-OH is 1. The van der Waals surface area contributed by atoms with Crippen molar-refractivity contribution < 1.29 is 31.4 Å². The third kappa shape index (κ3) is 4.78. The Bertz CT molecular complexity index is 534. The summed E-state index contributed by atoms with van der Waals surface area (Å²) in [6, 6.07) is 2.73. The van der Waals surface area contributed by atoms with Gasteiger partial charge in [0.2, 0.25) is 0 Å². The molecule has 0 fully saturated rings. The summed E-state index contributed by atoms with van der Waals surface area (Å²) in [5.74, 6) is -0.765. The maximum absolute atomic E-state index is 12.6. The van der Waals surface area contributed by atoms with Crippen molar-refractivity contribution in [2.75, 3.05) is 24.6 Å². The van der Waals surface area contributed by atoms with Crippen LogP contribution in [0, 0.1) is 11.3 Å². The third-order valence-corrected chi connectivity index (χ3v) is 2.33. The predicted molar refractivity (Wildman–Crippen MR) is 59.3 cm³/mol. The molecule has 0 amide bonds. The summed E-state index contributed by atoms with van der Waals surface area (Å²) in [5.41, 5.74) is -1.86. The van der Waals surface area contributed by atoms with E-state index in [1.165, 1.54) is 6.07 Å². The molecule has 0 saturated carbocycles. The molecule has 4 nitrogen and oxygen atoms in total. The number of aliphatic hydroxyl groups is 1. The zero-order valence-electron chi connectivity index (χ0n) is 10.3. The van der Waals surface area contributed by atoms with Crippen LogP contribution in [0.2, 0.25) is 0 Å². The number of aromatic nitrogens is 1. The molecule has 0 saturated heterocycles. The Morgan fingerprint density at radius 2 is 1.81 bits per heavy atom. The third-order valence-electron chi connectivity index (χ3n) is 2.33. The van der Waals surface area contributed by atoms with Gasteiger partial charge >= 0.3 is 12.4 Å². The molecule has 10 heteroatoms. The van der Waals surface area contributed by atoms with Crippen molar-refractivity contribution in [1.29, 1.82) is 5.26 Å². The quantitative estimate of drug-likeness (QED) is 0.867. The monoisotopic (exact) mass is 313 g/mol. The van der Waals surface area contributed by atoms with Crippen LogP contribution < -0.4 is 4.90 Å². The van der Waals surface area contributed by atoms with Crippen LogP contribution in [0.5, 0.6) is 0 Å². The average molecular weight is 313 g/mol. The molecule has 0 aliphatic rings. The zero-order chi connectivity index (χ0) is 16.3. The smallest absolute Gasteiger partial charge is 0.395 e. The molecule has 0 aromatic carbocycles. The second-order valence-electron chi connectivity index (χ2n) is 3.94. The molecule has 1 aromatic rings. The first-order valence-electron chi connectivity index (χ1n) is 5.49. The van der Waals surface area contributed by atoms with Crippen LogP contribution in [-0.4, -0.2) is 36.0 Å². The molecule has 1 heterocycles. The van der Waals surface area contributed by atoms with Gasteiger partial charge in [0.25, 0.3) is 0 Å². The van der Waals surface area contributed by atoms with E-state index in [2.05, 4.69) is 4.98 Å². The Kier molecular flexibility index (Phi) is 5.01. The Morgan fingerprint density at radius 3 is 2.24 bits per heavy atom. The van der Waals surface area contributed by atoms with Crippen LogP contribution in [0.4, 0.5) is 32.2 Å². The van der Waals surface area contributed by atoms with E-state index < -0.39 is 49.1 Å². The van der Waals surface area contributed by atoms with Gasteiger partial charge in [-0.05, 0) is 12.1 Å². The van der Waals surface area contributed by atoms with Crippen molar-refractivity contribution in [3.05, 3.63) is 23.4 Å². The number of rotatable bonds is 4. The van der Waals surface area contributed by atoms with Gasteiger partial charge in [0.15, 0.2) is 0 Å². The minimum Gasteiger partial charge on any atom is -0.395 e. The number of hydrogen-bond acceptors (Lipinski definition) is 4. The largest absolute Gasteiger partial charge is 0.433 e. The van der Waals surface area contributed by atoms with Crippen molar-refractivity contribution in [3.63, 3.8) is 0 Å². The van der Waals surface area contributed by atoms with Crippen molar-refractivity contribution >= 4 is 5.82 Å². The lowest BCUT2D eigenvalue weighted by atomic mass is 10.2. The summed E-state index contributed by atoms with van der Waals surface area (Å²) in [4.78, 5) is 3.47. The molecule has 0 aliphatic carbocycles. The highest BCUT2D eigenvalue weighted by Gasteiger charge is 2.36. The molecule has 0 spiro atoms. The molecule has 21 heavy (non-hydrogen) atoms. The number of anilines is 1. The van der Waals surface area contributed by atoms with E-state index in [0.717, 1.165) is 6.07 Å². The van der Waals surface area contributed by atoms with E-state index in [1.54, 1.807) is 0 Å². The summed E-state index contributed by atoms with van der Waals surface area (Å²) < 4.78 is 75.0. The van der Waals surface area contributed by atoms with E-state index in [4.69, 9.17) is 10.4 Å². The lowest BCUT2D eigenvalue weighted by Gasteiger charge is -2.25. The van der Waals surface area contributed by atoms with Crippen LogP contribution in [0.25, 0.3) is 0 Å². The molecule has 1 aromatic heterocycles. The first-order valence-corrected chi connectivity index (χ1v) is 5.49. The number of halogens is 6. The summed E-state index contributed by atoms with van der Waals surface area (Å²) >= 11 is 0. The minimum absolute atomic E-state index is 0.383. The number of pyridine rings is 1. The van der Waals surface area contributed by atoms with Gasteiger partial charge < -0.3 is 10.0 Å². The highest BCUT2D eigenvalue weighted by atomic mass is 19.4. The SMILES string of the molecule is N#Cc1ccc(C(F)(F)F)nc1N(CCO)CC(F)(F)F. The second-order valence-corrected chi connectivity index (χ2v) is 3.94. The van der Waals surface area contributed by atoms with E-state index >= 15 is 0 Å². The second kappa shape index (κ2) is 6.17. The van der Waals surface area contributed by atoms with Crippen molar-refractivity contribution in [2.24, 2.45) is 0 Å². The number of nitriles is 1. The van der Waals surface area contributed by atoms with Gasteiger partial charge in [-0.1, -0.05) is 0 Å². The normalized spacial score (nSPS) is 12.1. The molecule has 116 valence electrons. The van der Waals surface area contributed by atoms with E-state index in [-0.39, 0.29) is 0 Å². The maximum Gasteiger partial charge on any atom is 0.433 e. The van der Waals surface area contributed by atoms with Crippen LogP contribution in [0.1, 0.15) is 11.3 Å². The molecular weight excluding hydrogens is 304 g/mol. The lowest BCUT2D eigenvalue weighted by molar-refractivity contribution is -0.141. The number of nitrogens with zero attached hydrogens (tertiary/aromatic N) is 3. The van der Waals surface area contributed by atoms with Crippen LogP contribution in [0.15, 0.2) is 12.1 Å². The molecule has 1 rings (SSSR count). The fraction of sp³-hybridized carbons (Fsp3) is 0.455. The molecular formula is C11H9F6N3O. The Balaban J connectivity index is 3.31. The van der Waals surface area contributed by atoms with Crippen molar-refractivity contribution in [3.8, 4) is 6.07 Å². The fourth-order valence-corrected chi connectivity index (χ4v) is 1.53. The Labute approximate surface area is 115 Å². The Morgan fingerprint density at radius 1 is 1.19 bits per heavy atom. The molecule has 0 bridgehead atoms. The minimum atomic E-state index is -4.86. The molecule has 0 radical (unpaired) electrons. The maximum atomic E-state index is 12.6. The van der Waals surface area contributed by atoms with E-state index in [0.29, 0.717) is 11.0 Å². The Hall–Kier alpha value is -2.02. The van der Waals surface area contributed by atoms with Crippen LogP contribution in [0.3, 0.4) is 0 Å².